The Bertz CT molecular complexity index is 424. The third-order valence-corrected chi connectivity index (χ3v) is 4.00. The topological polar surface area (TPSA) is 49.8 Å². The van der Waals surface area contributed by atoms with Crippen LogP contribution in [0, 0.1) is 5.92 Å². The van der Waals surface area contributed by atoms with E-state index >= 15 is 0 Å². The third-order valence-electron chi connectivity index (χ3n) is 3.30. The predicted molar refractivity (Wildman–Crippen MR) is 75.4 cm³/mol. The normalized spacial score (nSPS) is 23.7. The van der Waals surface area contributed by atoms with Crippen molar-refractivity contribution in [1.29, 1.82) is 0 Å². The van der Waals surface area contributed by atoms with Crippen molar-refractivity contribution in [1.82, 2.24) is 4.90 Å². The molecular formula is C14H21NO3S. The Kier molecular flexibility index (Phi) is 4.16. The van der Waals surface area contributed by atoms with E-state index in [1.54, 1.807) is 16.2 Å². The molecule has 1 saturated heterocycles. The van der Waals surface area contributed by atoms with Crippen LogP contribution in [0.4, 0.5) is 4.79 Å². The summed E-state index contributed by atoms with van der Waals surface area (Å²) in [4.78, 5) is 13.8. The number of thiophene rings is 1. The number of aliphatic hydroxyl groups excluding tert-OH is 1. The molecule has 1 fully saturated rings. The van der Waals surface area contributed by atoms with Crippen LogP contribution in [-0.4, -0.2) is 41.4 Å². The summed E-state index contributed by atoms with van der Waals surface area (Å²) in [6, 6.07) is 2.07. The van der Waals surface area contributed by atoms with E-state index in [2.05, 4.69) is 11.4 Å². The van der Waals surface area contributed by atoms with Gasteiger partial charge in [0.2, 0.25) is 0 Å². The summed E-state index contributed by atoms with van der Waals surface area (Å²) in [6.07, 6.45) is -0.288. The van der Waals surface area contributed by atoms with Crippen LogP contribution in [0.1, 0.15) is 32.3 Å². The second-order valence-corrected chi connectivity index (χ2v) is 6.77. The highest BCUT2D eigenvalue weighted by molar-refractivity contribution is 7.07. The molecule has 0 radical (unpaired) electrons. The number of nitrogens with zero attached hydrogens (tertiary/aromatic N) is 1. The van der Waals surface area contributed by atoms with Gasteiger partial charge in [-0.2, -0.15) is 11.3 Å². The molecule has 0 bridgehead atoms. The van der Waals surface area contributed by atoms with Crippen LogP contribution >= 0.6 is 11.3 Å². The first kappa shape index (κ1) is 14.3. The van der Waals surface area contributed by atoms with Crippen molar-refractivity contribution in [3.8, 4) is 0 Å². The fourth-order valence-corrected chi connectivity index (χ4v) is 3.12. The van der Waals surface area contributed by atoms with Gasteiger partial charge in [-0.1, -0.05) is 0 Å². The minimum Gasteiger partial charge on any atom is -0.444 e. The first-order valence-corrected chi connectivity index (χ1v) is 7.46. The van der Waals surface area contributed by atoms with Crippen LogP contribution in [0.25, 0.3) is 0 Å². The first-order chi connectivity index (χ1) is 8.90. The standard InChI is InChI=1S/C14H21NO3S/c1-14(2,3)18-13(17)15-6-11(8-16)12(7-15)10-4-5-19-9-10/h4-5,9,11-12,16H,6-8H2,1-3H3/t11-,12-/m0/s1. The predicted octanol–water partition coefficient (Wildman–Crippen LogP) is 2.69. The minimum atomic E-state index is -0.480. The van der Waals surface area contributed by atoms with Crippen LogP contribution in [0.15, 0.2) is 16.8 Å². The van der Waals surface area contributed by atoms with E-state index < -0.39 is 5.60 Å². The lowest BCUT2D eigenvalue weighted by molar-refractivity contribution is 0.0283. The first-order valence-electron chi connectivity index (χ1n) is 6.51. The van der Waals surface area contributed by atoms with E-state index in [-0.39, 0.29) is 24.5 Å². The minimum absolute atomic E-state index is 0.0970. The molecule has 1 aliphatic rings. The second-order valence-electron chi connectivity index (χ2n) is 5.99. The zero-order chi connectivity index (χ0) is 14.0. The highest BCUT2D eigenvalue weighted by atomic mass is 32.1. The fourth-order valence-electron chi connectivity index (χ4n) is 2.40. The Balaban J connectivity index is 2.05. The maximum absolute atomic E-state index is 12.1. The number of ether oxygens (including phenoxy) is 1. The summed E-state index contributed by atoms with van der Waals surface area (Å²) in [7, 11) is 0. The maximum Gasteiger partial charge on any atom is 0.410 e. The van der Waals surface area contributed by atoms with Gasteiger partial charge in [0.25, 0.3) is 0 Å². The highest BCUT2D eigenvalue weighted by Gasteiger charge is 2.37. The average Bonchev–Trinajstić information content (AvgIpc) is 2.95. The molecule has 1 N–H and O–H groups in total. The molecule has 0 aromatic carbocycles. The molecule has 0 unspecified atom stereocenters. The van der Waals surface area contributed by atoms with Crippen LogP contribution in [0.3, 0.4) is 0 Å². The van der Waals surface area contributed by atoms with E-state index in [1.807, 2.05) is 26.2 Å². The molecule has 1 aromatic rings. The number of carbonyl (C=O) groups excluding carboxylic acids is 1. The lowest BCUT2D eigenvalue weighted by Crippen LogP contribution is -2.35. The summed E-state index contributed by atoms with van der Waals surface area (Å²) >= 11 is 1.64. The van der Waals surface area contributed by atoms with E-state index in [1.165, 1.54) is 5.56 Å². The number of hydrogen-bond donors (Lipinski definition) is 1. The second kappa shape index (κ2) is 5.51. The van der Waals surface area contributed by atoms with Crippen molar-refractivity contribution in [2.75, 3.05) is 19.7 Å². The Morgan fingerprint density at radius 1 is 1.53 bits per heavy atom. The molecule has 2 heterocycles. The number of hydrogen-bond acceptors (Lipinski definition) is 4. The van der Waals surface area contributed by atoms with E-state index in [9.17, 15) is 9.90 Å². The molecule has 106 valence electrons. The smallest absolute Gasteiger partial charge is 0.410 e. The molecule has 1 aliphatic heterocycles. The lowest BCUT2D eigenvalue weighted by Gasteiger charge is -2.24. The largest absolute Gasteiger partial charge is 0.444 e. The zero-order valence-electron chi connectivity index (χ0n) is 11.6. The maximum atomic E-state index is 12.1. The molecular weight excluding hydrogens is 262 g/mol. The molecule has 4 nitrogen and oxygen atoms in total. The average molecular weight is 283 g/mol. The molecule has 5 heteroatoms. The van der Waals surface area contributed by atoms with Crippen LogP contribution in [0.5, 0.6) is 0 Å². The van der Waals surface area contributed by atoms with Gasteiger partial charge in [-0.3, -0.25) is 0 Å². The molecule has 2 atom stereocenters. The van der Waals surface area contributed by atoms with Crippen molar-refractivity contribution >= 4 is 17.4 Å². The van der Waals surface area contributed by atoms with Crippen molar-refractivity contribution < 1.29 is 14.6 Å². The van der Waals surface area contributed by atoms with Gasteiger partial charge >= 0.3 is 6.09 Å². The number of carbonyl (C=O) groups is 1. The van der Waals surface area contributed by atoms with Gasteiger partial charge in [-0.15, -0.1) is 0 Å². The fraction of sp³-hybridized carbons (Fsp3) is 0.643. The molecule has 0 aliphatic carbocycles. The van der Waals surface area contributed by atoms with Crippen LogP contribution < -0.4 is 0 Å². The summed E-state index contributed by atoms with van der Waals surface area (Å²) < 4.78 is 5.39. The van der Waals surface area contributed by atoms with Gasteiger partial charge in [0.05, 0.1) is 0 Å². The van der Waals surface area contributed by atoms with Gasteiger partial charge in [0.15, 0.2) is 0 Å². The van der Waals surface area contributed by atoms with Crippen molar-refractivity contribution in [3.63, 3.8) is 0 Å². The van der Waals surface area contributed by atoms with E-state index in [0.29, 0.717) is 13.1 Å². The Morgan fingerprint density at radius 3 is 2.79 bits per heavy atom. The Hall–Kier alpha value is -1.07. The van der Waals surface area contributed by atoms with Crippen LogP contribution in [-0.2, 0) is 4.74 Å². The zero-order valence-corrected chi connectivity index (χ0v) is 12.4. The van der Waals surface area contributed by atoms with Crippen molar-refractivity contribution in [2.24, 2.45) is 5.92 Å². The Morgan fingerprint density at radius 2 is 2.26 bits per heavy atom. The van der Waals surface area contributed by atoms with Gasteiger partial charge in [0.1, 0.15) is 5.60 Å². The summed E-state index contributed by atoms with van der Waals surface area (Å²) in [5, 5.41) is 13.6. The highest BCUT2D eigenvalue weighted by Crippen LogP contribution is 2.34. The quantitative estimate of drug-likeness (QED) is 0.908. The van der Waals surface area contributed by atoms with Crippen molar-refractivity contribution in [3.05, 3.63) is 22.4 Å². The molecule has 1 amide bonds. The summed E-state index contributed by atoms with van der Waals surface area (Å²) in [5.74, 6) is 0.311. The number of aliphatic hydroxyl groups is 1. The Labute approximate surface area is 118 Å². The molecule has 19 heavy (non-hydrogen) atoms. The third kappa shape index (κ3) is 3.48. The lowest BCUT2D eigenvalue weighted by atomic mass is 9.92. The van der Waals surface area contributed by atoms with E-state index in [4.69, 9.17) is 4.74 Å². The van der Waals surface area contributed by atoms with Crippen LogP contribution in [0.2, 0.25) is 0 Å². The number of amides is 1. The molecule has 0 spiro atoms. The SMILES string of the molecule is CC(C)(C)OC(=O)N1C[C@@H](CO)[C@H](c2ccsc2)C1. The summed E-state index contributed by atoms with van der Waals surface area (Å²) in [5.41, 5.74) is 0.724. The number of likely N-dealkylation sites (tertiary alicyclic amines) is 1. The van der Waals surface area contributed by atoms with Gasteiger partial charge < -0.3 is 14.7 Å². The summed E-state index contributed by atoms with van der Waals surface area (Å²) in [6.45, 7) is 6.87. The molecule has 1 aromatic heterocycles. The van der Waals surface area contributed by atoms with Gasteiger partial charge in [0, 0.05) is 31.5 Å². The van der Waals surface area contributed by atoms with Gasteiger partial charge in [-0.25, -0.2) is 4.79 Å². The monoisotopic (exact) mass is 283 g/mol. The van der Waals surface area contributed by atoms with E-state index in [0.717, 1.165) is 0 Å². The van der Waals surface area contributed by atoms with Crippen molar-refractivity contribution in [2.45, 2.75) is 32.3 Å². The number of rotatable bonds is 2. The van der Waals surface area contributed by atoms with Gasteiger partial charge in [-0.05, 0) is 43.2 Å². The molecule has 2 rings (SSSR count). The molecule has 0 saturated carbocycles.